The quantitative estimate of drug-likeness (QED) is 0.380. The van der Waals surface area contributed by atoms with Crippen molar-refractivity contribution in [2.75, 3.05) is 24.7 Å². The number of hydrogen-bond acceptors (Lipinski definition) is 5. The number of nitrogens with two attached hydrogens (primary N) is 1. The zero-order valence-corrected chi connectivity index (χ0v) is 16.0. The highest BCUT2D eigenvalue weighted by atomic mass is 32.2. The molecule has 0 aromatic carbocycles. The Balaban J connectivity index is 2.58. The number of carbonyl (C=O) groups excluding carboxylic acids is 1. The molecule has 0 saturated carbocycles. The summed E-state index contributed by atoms with van der Waals surface area (Å²) in [6.45, 7) is 8.47. The number of nitrogens with zero attached hydrogens (tertiary/aromatic N) is 2. The molecule has 0 aliphatic carbocycles. The van der Waals surface area contributed by atoms with Gasteiger partial charge in [-0.25, -0.2) is 8.42 Å². The van der Waals surface area contributed by atoms with Crippen molar-refractivity contribution in [3.8, 4) is 0 Å². The van der Waals surface area contributed by atoms with E-state index in [9.17, 15) is 13.2 Å². The Hall–Kier alpha value is -1.31. The molecule has 0 spiro atoms. The molecule has 1 aliphatic rings. The van der Waals surface area contributed by atoms with Gasteiger partial charge < -0.3 is 15.5 Å². The molecule has 140 valence electrons. The molecule has 7 nitrogen and oxygen atoms in total. The Bertz CT molecular complexity index is 544. The first kappa shape index (κ1) is 20.7. The Morgan fingerprint density at radius 3 is 2.46 bits per heavy atom. The van der Waals surface area contributed by atoms with Crippen LogP contribution >= 0.6 is 0 Å². The highest BCUT2D eigenvalue weighted by Gasteiger charge is 2.34. The van der Waals surface area contributed by atoms with Gasteiger partial charge in [-0.05, 0) is 24.7 Å². The number of rotatable bonds is 9. The average Bonchev–Trinajstić information content (AvgIpc) is 2.82. The first-order valence-corrected chi connectivity index (χ1v) is 10.4. The Labute approximate surface area is 145 Å². The van der Waals surface area contributed by atoms with Gasteiger partial charge in [-0.1, -0.05) is 32.9 Å². The van der Waals surface area contributed by atoms with E-state index < -0.39 is 9.84 Å². The van der Waals surface area contributed by atoms with Crippen molar-refractivity contribution in [1.82, 2.24) is 4.90 Å². The molecule has 1 unspecified atom stereocenters. The summed E-state index contributed by atoms with van der Waals surface area (Å²) in [6, 6.07) is -0.268. The number of sulfone groups is 1. The topological polar surface area (TPSA) is 102 Å². The Morgan fingerprint density at radius 1 is 1.29 bits per heavy atom. The second-order valence-electron chi connectivity index (χ2n) is 7.29. The highest BCUT2D eigenvalue weighted by molar-refractivity contribution is 7.91. The minimum Gasteiger partial charge on any atom is -0.384 e. The van der Waals surface area contributed by atoms with E-state index in [2.05, 4.69) is 19.0 Å². The average molecular weight is 362 g/mol. The fourth-order valence-corrected chi connectivity index (χ4v) is 4.34. The van der Waals surface area contributed by atoms with E-state index in [4.69, 9.17) is 10.6 Å². The predicted molar refractivity (Wildman–Crippen MR) is 95.3 cm³/mol. The third-order valence-corrected chi connectivity index (χ3v) is 5.63. The highest BCUT2D eigenvalue weighted by Crippen LogP contribution is 2.19. The lowest BCUT2D eigenvalue weighted by Gasteiger charge is -2.29. The van der Waals surface area contributed by atoms with Gasteiger partial charge in [-0.2, -0.15) is 0 Å². The second-order valence-corrected chi connectivity index (χ2v) is 9.51. The molecule has 1 heterocycles. The molecule has 24 heavy (non-hydrogen) atoms. The molecule has 0 aromatic heterocycles. The van der Waals surface area contributed by atoms with E-state index in [0.29, 0.717) is 31.1 Å². The van der Waals surface area contributed by atoms with Crippen LogP contribution in [0.3, 0.4) is 0 Å². The van der Waals surface area contributed by atoms with Crippen molar-refractivity contribution in [3.05, 3.63) is 0 Å². The minimum absolute atomic E-state index is 0.0330. The van der Waals surface area contributed by atoms with Crippen LogP contribution in [0.4, 0.5) is 0 Å². The monoisotopic (exact) mass is 361 g/mol. The van der Waals surface area contributed by atoms with Crippen LogP contribution < -0.4 is 5.73 Å². The lowest BCUT2D eigenvalue weighted by molar-refractivity contribution is -0.138. The van der Waals surface area contributed by atoms with E-state index in [1.54, 1.807) is 4.90 Å². The zero-order chi connectivity index (χ0) is 18.3. The molecule has 1 atom stereocenters. The fraction of sp³-hybridized carbons (Fsp3) is 0.875. The molecular formula is C16H31N3O4S. The molecule has 8 heteroatoms. The van der Waals surface area contributed by atoms with Crippen molar-refractivity contribution >= 4 is 21.6 Å². The fourth-order valence-electron chi connectivity index (χ4n) is 2.60. The summed E-state index contributed by atoms with van der Waals surface area (Å²) < 4.78 is 23.4. The summed E-state index contributed by atoms with van der Waals surface area (Å²) >= 11 is 0. The van der Waals surface area contributed by atoms with Gasteiger partial charge >= 0.3 is 0 Å². The first-order chi connectivity index (χ1) is 11.1. The maximum atomic E-state index is 12.4. The SMILES string of the molecule is CC(C)CC/C(N)=N/OCC(=O)N(CC(C)C)C1CCS(=O)(=O)C1. The van der Waals surface area contributed by atoms with E-state index in [1.165, 1.54) is 0 Å². The molecular weight excluding hydrogens is 330 g/mol. The lowest BCUT2D eigenvalue weighted by Crippen LogP contribution is -2.44. The van der Waals surface area contributed by atoms with Crippen LogP contribution in [-0.2, 0) is 19.5 Å². The van der Waals surface area contributed by atoms with Gasteiger partial charge in [-0.15, -0.1) is 0 Å². The molecule has 0 aromatic rings. The third-order valence-electron chi connectivity index (χ3n) is 3.88. The summed E-state index contributed by atoms with van der Waals surface area (Å²) in [5.74, 6) is 1.07. The molecule has 1 aliphatic heterocycles. The number of oxime groups is 1. The molecule has 0 radical (unpaired) electrons. The van der Waals surface area contributed by atoms with Gasteiger partial charge in [0.2, 0.25) is 0 Å². The van der Waals surface area contributed by atoms with Crippen LogP contribution in [0, 0.1) is 11.8 Å². The molecule has 1 fully saturated rings. The number of amides is 1. The number of amidine groups is 1. The van der Waals surface area contributed by atoms with E-state index in [1.807, 2.05) is 13.8 Å². The van der Waals surface area contributed by atoms with Gasteiger partial charge in [0.25, 0.3) is 5.91 Å². The van der Waals surface area contributed by atoms with Crippen molar-refractivity contribution in [3.63, 3.8) is 0 Å². The van der Waals surface area contributed by atoms with Crippen LogP contribution in [0.15, 0.2) is 5.16 Å². The summed E-state index contributed by atoms with van der Waals surface area (Å²) in [7, 11) is -3.04. The normalized spacial score (nSPS) is 20.6. The molecule has 1 amide bonds. The zero-order valence-electron chi connectivity index (χ0n) is 15.2. The first-order valence-electron chi connectivity index (χ1n) is 8.55. The van der Waals surface area contributed by atoms with Crippen molar-refractivity contribution in [1.29, 1.82) is 0 Å². The van der Waals surface area contributed by atoms with Crippen molar-refractivity contribution in [2.24, 2.45) is 22.7 Å². The molecule has 1 rings (SSSR count). The Morgan fingerprint density at radius 2 is 1.96 bits per heavy atom. The van der Waals surface area contributed by atoms with E-state index in [-0.39, 0.29) is 36.0 Å². The van der Waals surface area contributed by atoms with Gasteiger partial charge in [-0.3, -0.25) is 4.79 Å². The van der Waals surface area contributed by atoms with Crippen LogP contribution in [0.1, 0.15) is 47.0 Å². The van der Waals surface area contributed by atoms with Crippen molar-refractivity contribution in [2.45, 2.75) is 53.0 Å². The van der Waals surface area contributed by atoms with Crippen LogP contribution in [0.25, 0.3) is 0 Å². The van der Waals surface area contributed by atoms with E-state index in [0.717, 1.165) is 6.42 Å². The van der Waals surface area contributed by atoms with Gasteiger partial charge in [0.1, 0.15) is 5.84 Å². The van der Waals surface area contributed by atoms with Crippen LogP contribution in [0.5, 0.6) is 0 Å². The molecule has 0 bridgehead atoms. The van der Waals surface area contributed by atoms with E-state index >= 15 is 0 Å². The van der Waals surface area contributed by atoms with Crippen LogP contribution in [-0.4, -0.2) is 55.8 Å². The largest absolute Gasteiger partial charge is 0.384 e. The number of carbonyl (C=O) groups is 1. The summed E-state index contributed by atoms with van der Waals surface area (Å²) in [5, 5.41) is 3.78. The summed E-state index contributed by atoms with van der Waals surface area (Å²) in [4.78, 5) is 19.1. The standard InChI is InChI=1S/C16H31N3O4S/c1-12(2)5-6-15(17)18-23-10-16(20)19(9-13(3)4)14-7-8-24(21,22)11-14/h12-14H,5-11H2,1-4H3,(H2,17,18). The smallest absolute Gasteiger partial charge is 0.263 e. The van der Waals surface area contributed by atoms with Gasteiger partial charge in [0, 0.05) is 19.0 Å². The predicted octanol–water partition coefficient (Wildman–Crippen LogP) is 1.38. The summed E-state index contributed by atoms with van der Waals surface area (Å²) in [6.07, 6.45) is 2.02. The van der Waals surface area contributed by atoms with Gasteiger partial charge in [0.05, 0.1) is 11.5 Å². The van der Waals surface area contributed by atoms with Crippen LogP contribution in [0.2, 0.25) is 0 Å². The summed E-state index contributed by atoms with van der Waals surface area (Å²) in [5.41, 5.74) is 5.74. The second kappa shape index (κ2) is 9.25. The maximum Gasteiger partial charge on any atom is 0.263 e. The minimum atomic E-state index is -3.04. The molecule has 2 N–H and O–H groups in total. The van der Waals surface area contributed by atoms with Gasteiger partial charge in [0.15, 0.2) is 16.4 Å². The third kappa shape index (κ3) is 7.51. The lowest BCUT2D eigenvalue weighted by atomic mass is 10.1. The Kier molecular flexibility index (Phi) is 7.99. The van der Waals surface area contributed by atoms with Crippen molar-refractivity contribution < 1.29 is 18.0 Å². The molecule has 1 saturated heterocycles. The maximum absolute atomic E-state index is 12.4. The number of hydrogen-bond donors (Lipinski definition) is 1.